The molecule has 0 bridgehead atoms. The smallest absolute Gasteiger partial charge is 0.319 e. The number of aryl methyl sites for hydroxylation is 1. The predicted octanol–water partition coefficient (Wildman–Crippen LogP) is 4.16. The van der Waals surface area contributed by atoms with Crippen LogP contribution in [0.25, 0.3) is 0 Å². The molecule has 0 spiro atoms. The van der Waals surface area contributed by atoms with E-state index in [2.05, 4.69) is 35.0 Å². The van der Waals surface area contributed by atoms with Gasteiger partial charge in [0, 0.05) is 37.0 Å². The van der Waals surface area contributed by atoms with E-state index in [1.165, 1.54) is 17.7 Å². The van der Waals surface area contributed by atoms with Crippen molar-refractivity contribution in [3.8, 4) is 0 Å². The summed E-state index contributed by atoms with van der Waals surface area (Å²) in [4.78, 5) is 12.4. The topological polar surface area (TPSA) is 62.4 Å². The Bertz CT molecular complexity index is 792. The van der Waals surface area contributed by atoms with E-state index in [-0.39, 0.29) is 23.4 Å². The van der Waals surface area contributed by atoms with Gasteiger partial charge in [-0.15, -0.1) is 0 Å². The molecule has 28 heavy (non-hydrogen) atoms. The van der Waals surface area contributed by atoms with Gasteiger partial charge in [-0.3, -0.25) is 0 Å². The molecule has 150 valence electrons. The SMILES string of the molecule is Cc1ccc(F)cc1NC(=O)NCC1(N[C@H](C)c2ccccc2)CCOCC1. The summed E-state index contributed by atoms with van der Waals surface area (Å²) in [6, 6.07) is 14.4. The zero-order chi connectivity index (χ0) is 20.0. The molecule has 2 amide bonds. The van der Waals surface area contributed by atoms with Crippen LogP contribution in [0.1, 0.15) is 36.9 Å². The Kier molecular flexibility index (Phi) is 6.65. The van der Waals surface area contributed by atoms with Gasteiger partial charge < -0.3 is 20.7 Å². The van der Waals surface area contributed by atoms with Crippen molar-refractivity contribution in [1.82, 2.24) is 10.6 Å². The van der Waals surface area contributed by atoms with E-state index in [0.717, 1.165) is 18.4 Å². The number of carbonyl (C=O) groups is 1. The first-order valence-corrected chi connectivity index (χ1v) is 9.69. The van der Waals surface area contributed by atoms with Crippen LogP contribution >= 0.6 is 0 Å². The summed E-state index contributed by atoms with van der Waals surface area (Å²) in [7, 11) is 0. The van der Waals surface area contributed by atoms with Gasteiger partial charge in [-0.05, 0) is 49.9 Å². The molecule has 3 rings (SSSR count). The van der Waals surface area contributed by atoms with E-state index in [1.807, 2.05) is 25.1 Å². The Morgan fingerprint density at radius 1 is 1.18 bits per heavy atom. The van der Waals surface area contributed by atoms with Gasteiger partial charge in [0.2, 0.25) is 0 Å². The Morgan fingerprint density at radius 2 is 1.89 bits per heavy atom. The number of urea groups is 1. The second-order valence-corrected chi connectivity index (χ2v) is 7.44. The van der Waals surface area contributed by atoms with E-state index < -0.39 is 0 Å². The highest BCUT2D eigenvalue weighted by Crippen LogP contribution is 2.25. The minimum absolute atomic E-state index is 0.148. The van der Waals surface area contributed by atoms with E-state index in [4.69, 9.17) is 4.74 Å². The summed E-state index contributed by atoms with van der Waals surface area (Å²) >= 11 is 0. The highest BCUT2D eigenvalue weighted by atomic mass is 19.1. The van der Waals surface area contributed by atoms with Crippen molar-refractivity contribution in [2.75, 3.05) is 25.1 Å². The van der Waals surface area contributed by atoms with Gasteiger partial charge in [-0.1, -0.05) is 36.4 Å². The lowest BCUT2D eigenvalue weighted by Gasteiger charge is -2.40. The monoisotopic (exact) mass is 385 g/mol. The molecule has 2 aromatic rings. The quantitative estimate of drug-likeness (QED) is 0.700. The molecule has 0 saturated carbocycles. The summed E-state index contributed by atoms with van der Waals surface area (Å²) in [5, 5.41) is 9.40. The number of benzene rings is 2. The maximum atomic E-state index is 13.4. The average Bonchev–Trinajstić information content (AvgIpc) is 2.71. The molecular weight excluding hydrogens is 357 g/mol. The zero-order valence-electron chi connectivity index (χ0n) is 16.4. The molecule has 0 aromatic heterocycles. The summed E-state index contributed by atoms with van der Waals surface area (Å²) in [6.45, 7) is 5.73. The van der Waals surface area contributed by atoms with Gasteiger partial charge in [0.1, 0.15) is 5.82 Å². The van der Waals surface area contributed by atoms with Crippen molar-refractivity contribution in [1.29, 1.82) is 0 Å². The largest absolute Gasteiger partial charge is 0.381 e. The molecule has 2 aromatic carbocycles. The van der Waals surface area contributed by atoms with Crippen molar-refractivity contribution in [3.63, 3.8) is 0 Å². The Hall–Kier alpha value is -2.44. The number of nitrogens with one attached hydrogen (secondary N) is 3. The maximum Gasteiger partial charge on any atom is 0.319 e. The van der Waals surface area contributed by atoms with Crippen LogP contribution in [0.4, 0.5) is 14.9 Å². The van der Waals surface area contributed by atoms with E-state index in [0.29, 0.717) is 25.4 Å². The Labute approximate surface area is 165 Å². The van der Waals surface area contributed by atoms with Crippen LogP contribution in [0.5, 0.6) is 0 Å². The van der Waals surface area contributed by atoms with Crippen LogP contribution in [0, 0.1) is 12.7 Å². The van der Waals surface area contributed by atoms with Crippen LogP contribution in [0.2, 0.25) is 0 Å². The lowest BCUT2D eigenvalue weighted by molar-refractivity contribution is 0.0349. The lowest BCUT2D eigenvalue weighted by atomic mass is 9.88. The first kappa shape index (κ1) is 20.3. The standard InChI is InChI=1S/C22H28FN3O2/c1-16-8-9-19(23)14-20(16)25-21(27)24-15-22(10-12-28-13-11-22)26-17(2)18-6-4-3-5-7-18/h3-9,14,17,26H,10-13,15H2,1-2H3,(H2,24,25,27)/t17-/m1/s1. The highest BCUT2D eigenvalue weighted by molar-refractivity contribution is 5.90. The fraction of sp³-hybridized carbons (Fsp3) is 0.409. The zero-order valence-corrected chi connectivity index (χ0v) is 16.4. The fourth-order valence-corrected chi connectivity index (χ4v) is 3.56. The van der Waals surface area contributed by atoms with Gasteiger partial charge in [0.25, 0.3) is 0 Å². The molecule has 0 aliphatic carbocycles. The average molecular weight is 385 g/mol. The van der Waals surface area contributed by atoms with Crippen LogP contribution in [0.15, 0.2) is 48.5 Å². The summed E-state index contributed by atoms with van der Waals surface area (Å²) < 4.78 is 19.0. The molecule has 1 fully saturated rings. The number of carbonyl (C=O) groups excluding carboxylic acids is 1. The van der Waals surface area contributed by atoms with E-state index in [1.54, 1.807) is 6.07 Å². The number of ether oxygens (including phenoxy) is 1. The number of anilines is 1. The molecule has 0 radical (unpaired) electrons. The van der Waals surface area contributed by atoms with Gasteiger partial charge in [0.15, 0.2) is 0 Å². The summed E-state index contributed by atoms with van der Waals surface area (Å²) in [5.41, 5.74) is 2.24. The Morgan fingerprint density at radius 3 is 2.61 bits per heavy atom. The third-order valence-corrected chi connectivity index (χ3v) is 5.31. The highest BCUT2D eigenvalue weighted by Gasteiger charge is 2.34. The molecule has 1 heterocycles. The maximum absolute atomic E-state index is 13.4. The van der Waals surface area contributed by atoms with Crippen molar-refractivity contribution < 1.29 is 13.9 Å². The minimum atomic E-state index is -0.375. The van der Waals surface area contributed by atoms with Crippen molar-refractivity contribution >= 4 is 11.7 Å². The third kappa shape index (κ3) is 5.30. The van der Waals surface area contributed by atoms with Crippen LogP contribution < -0.4 is 16.0 Å². The molecule has 0 unspecified atom stereocenters. The predicted molar refractivity (Wildman–Crippen MR) is 109 cm³/mol. The van der Waals surface area contributed by atoms with E-state index >= 15 is 0 Å². The molecule has 1 aliphatic rings. The second-order valence-electron chi connectivity index (χ2n) is 7.44. The molecule has 3 N–H and O–H groups in total. The molecule has 1 atom stereocenters. The van der Waals surface area contributed by atoms with Crippen LogP contribution in [0.3, 0.4) is 0 Å². The molecule has 1 aliphatic heterocycles. The summed E-state index contributed by atoms with van der Waals surface area (Å²) in [5.74, 6) is -0.375. The van der Waals surface area contributed by atoms with Crippen LogP contribution in [-0.4, -0.2) is 31.3 Å². The Balaban J connectivity index is 1.63. The number of hydrogen-bond acceptors (Lipinski definition) is 3. The molecule has 5 nitrogen and oxygen atoms in total. The van der Waals surface area contributed by atoms with Crippen molar-refractivity contribution in [2.24, 2.45) is 0 Å². The molecular formula is C22H28FN3O2. The van der Waals surface area contributed by atoms with Gasteiger partial charge in [0.05, 0.1) is 0 Å². The first-order valence-electron chi connectivity index (χ1n) is 9.69. The summed E-state index contributed by atoms with van der Waals surface area (Å²) in [6.07, 6.45) is 1.62. The number of halogens is 1. The lowest BCUT2D eigenvalue weighted by Crippen LogP contribution is -2.57. The third-order valence-electron chi connectivity index (χ3n) is 5.31. The number of hydrogen-bond donors (Lipinski definition) is 3. The van der Waals surface area contributed by atoms with Crippen molar-refractivity contribution in [3.05, 3.63) is 65.5 Å². The van der Waals surface area contributed by atoms with Gasteiger partial charge >= 0.3 is 6.03 Å². The fourth-order valence-electron chi connectivity index (χ4n) is 3.56. The first-order chi connectivity index (χ1) is 13.5. The van der Waals surface area contributed by atoms with Crippen molar-refractivity contribution in [2.45, 2.75) is 38.3 Å². The van der Waals surface area contributed by atoms with Gasteiger partial charge in [-0.25, -0.2) is 9.18 Å². The van der Waals surface area contributed by atoms with Crippen LogP contribution in [-0.2, 0) is 4.74 Å². The molecule has 6 heteroatoms. The number of amides is 2. The van der Waals surface area contributed by atoms with E-state index in [9.17, 15) is 9.18 Å². The minimum Gasteiger partial charge on any atom is -0.381 e. The second kappa shape index (κ2) is 9.17. The normalized spacial score (nSPS) is 17.0. The molecule has 1 saturated heterocycles. The number of rotatable bonds is 6. The van der Waals surface area contributed by atoms with Gasteiger partial charge in [-0.2, -0.15) is 0 Å².